The van der Waals surface area contributed by atoms with Crippen LogP contribution in [0.1, 0.15) is 58.1 Å². The van der Waals surface area contributed by atoms with E-state index in [0.29, 0.717) is 6.04 Å². The van der Waals surface area contributed by atoms with Crippen molar-refractivity contribution in [2.75, 3.05) is 5.32 Å². The molecule has 18 heavy (non-hydrogen) atoms. The summed E-state index contributed by atoms with van der Waals surface area (Å²) < 4.78 is 0. The quantitative estimate of drug-likeness (QED) is 0.859. The van der Waals surface area contributed by atoms with Gasteiger partial charge in [-0.05, 0) is 38.0 Å². The minimum Gasteiger partial charge on any atom is -0.367 e. The van der Waals surface area contributed by atoms with Crippen LogP contribution in [0, 0.1) is 5.92 Å². The molecule has 0 bridgehead atoms. The summed E-state index contributed by atoms with van der Waals surface area (Å²) >= 11 is 0. The van der Waals surface area contributed by atoms with Gasteiger partial charge in [-0.2, -0.15) is 0 Å². The highest BCUT2D eigenvalue weighted by Gasteiger charge is 2.19. The van der Waals surface area contributed by atoms with E-state index in [0.717, 1.165) is 30.3 Å². The van der Waals surface area contributed by atoms with Crippen LogP contribution >= 0.6 is 0 Å². The Bertz CT molecular complexity index is 357. The van der Waals surface area contributed by atoms with Crippen molar-refractivity contribution in [3.8, 4) is 0 Å². The lowest BCUT2D eigenvalue weighted by Gasteiger charge is -2.28. The van der Waals surface area contributed by atoms with Crippen molar-refractivity contribution in [2.24, 2.45) is 5.92 Å². The number of anilines is 1. The van der Waals surface area contributed by atoms with E-state index in [9.17, 15) is 0 Å². The third-order valence-corrected chi connectivity index (χ3v) is 4.01. The third-order valence-electron chi connectivity index (χ3n) is 4.01. The van der Waals surface area contributed by atoms with Crippen molar-refractivity contribution < 1.29 is 0 Å². The first-order valence-corrected chi connectivity index (χ1v) is 7.39. The maximum Gasteiger partial charge on any atom is 0.129 e. The van der Waals surface area contributed by atoms with Crippen LogP contribution in [0.2, 0.25) is 0 Å². The number of hydrogen-bond acceptors (Lipinski definition) is 3. The van der Waals surface area contributed by atoms with E-state index in [-0.39, 0.29) is 0 Å². The standard InChI is InChI=1S/C15H25N3/c1-3-5-14-10-15(17-11-16-14)18-13-8-6-12(4-2)7-9-13/h10-13H,3-9H2,1-2H3,(H,16,17,18). The molecule has 0 aliphatic heterocycles. The molecule has 0 spiro atoms. The molecule has 0 unspecified atom stereocenters. The first-order chi connectivity index (χ1) is 8.81. The van der Waals surface area contributed by atoms with E-state index in [1.54, 1.807) is 6.33 Å². The lowest BCUT2D eigenvalue weighted by Crippen LogP contribution is -2.26. The number of aryl methyl sites for hydroxylation is 1. The predicted molar refractivity (Wildman–Crippen MR) is 75.7 cm³/mol. The zero-order chi connectivity index (χ0) is 12.8. The van der Waals surface area contributed by atoms with Gasteiger partial charge >= 0.3 is 0 Å². The molecule has 1 aliphatic carbocycles. The van der Waals surface area contributed by atoms with E-state index in [2.05, 4.69) is 35.2 Å². The second-order valence-electron chi connectivity index (χ2n) is 5.41. The molecule has 3 nitrogen and oxygen atoms in total. The topological polar surface area (TPSA) is 37.8 Å². The van der Waals surface area contributed by atoms with Gasteiger partial charge < -0.3 is 5.32 Å². The number of aromatic nitrogens is 2. The Morgan fingerprint density at radius 2 is 1.94 bits per heavy atom. The fourth-order valence-electron chi connectivity index (χ4n) is 2.79. The molecule has 0 saturated heterocycles. The molecule has 0 radical (unpaired) electrons. The molecule has 0 aromatic carbocycles. The lowest BCUT2D eigenvalue weighted by atomic mass is 9.84. The number of hydrogen-bond donors (Lipinski definition) is 1. The molecule has 1 fully saturated rings. The second kappa shape index (κ2) is 6.72. The van der Waals surface area contributed by atoms with Crippen LogP contribution in [0.15, 0.2) is 12.4 Å². The summed E-state index contributed by atoms with van der Waals surface area (Å²) in [6, 6.07) is 2.72. The molecule has 2 rings (SSSR count). The Labute approximate surface area is 110 Å². The Hall–Kier alpha value is -1.12. The van der Waals surface area contributed by atoms with Crippen molar-refractivity contribution in [3.63, 3.8) is 0 Å². The van der Waals surface area contributed by atoms with Crippen LogP contribution < -0.4 is 5.32 Å². The monoisotopic (exact) mass is 247 g/mol. The minimum absolute atomic E-state index is 0.608. The molecular weight excluding hydrogens is 222 g/mol. The van der Waals surface area contributed by atoms with Crippen LogP contribution in [0.4, 0.5) is 5.82 Å². The van der Waals surface area contributed by atoms with Crippen LogP contribution in [0.25, 0.3) is 0 Å². The summed E-state index contributed by atoms with van der Waals surface area (Å²) in [6.07, 6.45) is 10.5. The zero-order valence-electron chi connectivity index (χ0n) is 11.7. The molecule has 1 aliphatic rings. The van der Waals surface area contributed by atoms with Gasteiger partial charge in [-0.1, -0.05) is 26.7 Å². The maximum absolute atomic E-state index is 4.33. The van der Waals surface area contributed by atoms with Crippen LogP contribution in [0.3, 0.4) is 0 Å². The average molecular weight is 247 g/mol. The number of rotatable bonds is 5. The van der Waals surface area contributed by atoms with Crippen molar-refractivity contribution in [3.05, 3.63) is 18.1 Å². The molecule has 1 saturated carbocycles. The summed E-state index contributed by atoms with van der Waals surface area (Å²) in [7, 11) is 0. The Morgan fingerprint density at radius 1 is 1.17 bits per heavy atom. The molecule has 1 N–H and O–H groups in total. The van der Waals surface area contributed by atoms with Gasteiger partial charge in [0.05, 0.1) is 0 Å². The van der Waals surface area contributed by atoms with Crippen molar-refractivity contribution in [2.45, 2.75) is 64.8 Å². The SMILES string of the molecule is CCCc1cc(NC2CCC(CC)CC2)ncn1. The van der Waals surface area contributed by atoms with E-state index >= 15 is 0 Å². The van der Waals surface area contributed by atoms with E-state index in [1.165, 1.54) is 32.1 Å². The summed E-state index contributed by atoms with van der Waals surface area (Å²) in [5, 5.41) is 3.57. The van der Waals surface area contributed by atoms with Gasteiger partial charge in [0.25, 0.3) is 0 Å². The summed E-state index contributed by atoms with van der Waals surface area (Å²) in [5.74, 6) is 1.96. The van der Waals surface area contributed by atoms with E-state index in [4.69, 9.17) is 0 Å². The Kier molecular flexibility index (Phi) is 4.97. The highest BCUT2D eigenvalue weighted by molar-refractivity contribution is 5.36. The van der Waals surface area contributed by atoms with Crippen LogP contribution in [-0.2, 0) is 6.42 Å². The largest absolute Gasteiger partial charge is 0.367 e. The van der Waals surface area contributed by atoms with Crippen molar-refractivity contribution in [1.82, 2.24) is 9.97 Å². The summed E-state index contributed by atoms with van der Waals surface area (Å²) in [5.41, 5.74) is 1.15. The van der Waals surface area contributed by atoms with Crippen molar-refractivity contribution in [1.29, 1.82) is 0 Å². The second-order valence-corrected chi connectivity index (χ2v) is 5.41. The van der Waals surface area contributed by atoms with Gasteiger partial charge in [-0.15, -0.1) is 0 Å². The summed E-state index contributed by atoms with van der Waals surface area (Å²) in [4.78, 5) is 8.63. The Morgan fingerprint density at radius 3 is 2.61 bits per heavy atom. The normalized spacial score (nSPS) is 23.9. The number of nitrogens with zero attached hydrogens (tertiary/aromatic N) is 2. The smallest absolute Gasteiger partial charge is 0.129 e. The highest BCUT2D eigenvalue weighted by atomic mass is 15.0. The lowest BCUT2D eigenvalue weighted by molar-refractivity contribution is 0.330. The van der Waals surface area contributed by atoms with Gasteiger partial charge in [-0.3, -0.25) is 0 Å². The maximum atomic E-state index is 4.33. The fourth-order valence-corrected chi connectivity index (χ4v) is 2.79. The first kappa shape index (κ1) is 13.3. The molecule has 3 heteroatoms. The predicted octanol–water partition coefficient (Wildman–Crippen LogP) is 3.81. The van der Waals surface area contributed by atoms with E-state index < -0.39 is 0 Å². The van der Waals surface area contributed by atoms with Gasteiger partial charge in [0, 0.05) is 17.8 Å². The first-order valence-electron chi connectivity index (χ1n) is 7.39. The molecule has 1 heterocycles. The van der Waals surface area contributed by atoms with Crippen LogP contribution in [-0.4, -0.2) is 16.0 Å². The van der Waals surface area contributed by atoms with E-state index in [1.807, 2.05) is 0 Å². The van der Waals surface area contributed by atoms with Crippen LogP contribution in [0.5, 0.6) is 0 Å². The minimum atomic E-state index is 0.608. The summed E-state index contributed by atoms with van der Waals surface area (Å²) in [6.45, 7) is 4.49. The molecule has 0 amide bonds. The number of nitrogens with one attached hydrogen (secondary N) is 1. The molecule has 0 atom stereocenters. The molecular formula is C15H25N3. The van der Waals surface area contributed by atoms with Crippen molar-refractivity contribution >= 4 is 5.82 Å². The Balaban J connectivity index is 1.87. The zero-order valence-corrected chi connectivity index (χ0v) is 11.7. The third kappa shape index (κ3) is 3.69. The average Bonchev–Trinajstić information content (AvgIpc) is 2.40. The molecule has 100 valence electrons. The highest BCUT2D eigenvalue weighted by Crippen LogP contribution is 2.28. The molecule has 1 aromatic rings. The fraction of sp³-hybridized carbons (Fsp3) is 0.733. The molecule has 1 aromatic heterocycles. The van der Waals surface area contributed by atoms with Gasteiger partial charge in [0.1, 0.15) is 12.1 Å². The van der Waals surface area contributed by atoms with Gasteiger partial charge in [-0.25, -0.2) is 9.97 Å². The van der Waals surface area contributed by atoms with Gasteiger partial charge in [0.2, 0.25) is 0 Å². The van der Waals surface area contributed by atoms with Gasteiger partial charge in [0.15, 0.2) is 0 Å².